The Kier molecular flexibility index (Phi) is 6.50. The normalized spacial score (nSPS) is 11.2. The zero-order valence-electron chi connectivity index (χ0n) is 17.3. The van der Waals surface area contributed by atoms with Gasteiger partial charge in [0.15, 0.2) is 0 Å². The molecule has 0 aliphatic carbocycles. The molecule has 152 valence electrons. The zero-order valence-corrected chi connectivity index (χ0v) is 18.1. The molecule has 30 heavy (non-hydrogen) atoms. The van der Waals surface area contributed by atoms with Crippen molar-refractivity contribution in [3.63, 3.8) is 0 Å². The number of aryl methyl sites for hydroxylation is 1. The van der Waals surface area contributed by atoms with Crippen molar-refractivity contribution in [1.82, 2.24) is 0 Å². The molecule has 0 unspecified atom stereocenters. The fourth-order valence-corrected chi connectivity index (χ4v) is 4.09. The fourth-order valence-electron chi connectivity index (χ4n) is 3.96. The Hall–Kier alpha value is -2.64. The standard InChI is InChI=1S/C28H26ClF/c1-2-3-4-5-6-20-7-17-27-24(19-20)14-18-26(28(27)30)23-10-8-21(9-11-23)22-12-15-25(29)16-13-22/h7-19H,2-6H2,1H3. The Morgan fingerprint density at radius 3 is 2.07 bits per heavy atom. The number of rotatable bonds is 7. The van der Waals surface area contributed by atoms with Crippen LogP contribution in [0.25, 0.3) is 33.0 Å². The molecule has 0 aliphatic heterocycles. The summed E-state index contributed by atoms with van der Waals surface area (Å²) in [6, 6.07) is 25.9. The van der Waals surface area contributed by atoms with Gasteiger partial charge >= 0.3 is 0 Å². The molecule has 0 atom stereocenters. The molecule has 4 aromatic rings. The van der Waals surface area contributed by atoms with E-state index in [9.17, 15) is 0 Å². The molecular formula is C28H26ClF. The molecule has 0 aliphatic rings. The van der Waals surface area contributed by atoms with Crippen LogP contribution < -0.4 is 0 Å². The molecule has 4 aromatic carbocycles. The Balaban J connectivity index is 1.58. The van der Waals surface area contributed by atoms with E-state index >= 15 is 4.39 Å². The first-order valence-electron chi connectivity index (χ1n) is 10.7. The van der Waals surface area contributed by atoms with Gasteiger partial charge in [0.25, 0.3) is 0 Å². The van der Waals surface area contributed by atoms with E-state index in [1.54, 1.807) is 0 Å². The third kappa shape index (κ3) is 4.57. The van der Waals surface area contributed by atoms with Gasteiger partial charge in [-0.3, -0.25) is 0 Å². The van der Waals surface area contributed by atoms with Crippen LogP contribution in [0.3, 0.4) is 0 Å². The minimum Gasteiger partial charge on any atom is -0.206 e. The van der Waals surface area contributed by atoms with Gasteiger partial charge in [0, 0.05) is 16.0 Å². The third-order valence-corrected chi connectivity index (χ3v) is 5.96. The molecule has 0 spiro atoms. The number of unbranched alkanes of at least 4 members (excludes halogenated alkanes) is 3. The highest BCUT2D eigenvalue weighted by atomic mass is 35.5. The summed E-state index contributed by atoms with van der Waals surface area (Å²) >= 11 is 5.98. The van der Waals surface area contributed by atoms with Gasteiger partial charge in [-0.25, -0.2) is 4.39 Å². The fraction of sp³-hybridized carbons (Fsp3) is 0.214. The maximum absolute atomic E-state index is 15.3. The van der Waals surface area contributed by atoms with Crippen LogP contribution in [0.4, 0.5) is 4.39 Å². The second-order valence-corrected chi connectivity index (χ2v) is 8.31. The van der Waals surface area contributed by atoms with E-state index in [0.717, 1.165) is 33.5 Å². The molecule has 4 rings (SSSR count). The molecule has 0 heterocycles. The average Bonchev–Trinajstić information content (AvgIpc) is 2.78. The second-order valence-electron chi connectivity index (χ2n) is 7.88. The van der Waals surface area contributed by atoms with Gasteiger partial charge in [-0.05, 0) is 52.6 Å². The lowest BCUT2D eigenvalue weighted by atomic mass is 9.96. The number of hydrogen-bond acceptors (Lipinski definition) is 0. The molecule has 0 fully saturated rings. The van der Waals surface area contributed by atoms with Gasteiger partial charge in [-0.15, -0.1) is 0 Å². The van der Waals surface area contributed by atoms with Gasteiger partial charge < -0.3 is 0 Å². The summed E-state index contributed by atoms with van der Waals surface area (Å²) in [5.41, 5.74) is 5.00. The third-order valence-electron chi connectivity index (χ3n) is 5.71. The lowest BCUT2D eigenvalue weighted by molar-refractivity contribution is 0.643. The van der Waals surface area contributed by atoms with Crippen molar-refractivity contribution in [2.75, 3.05) is 0 Å². The largest absolute Gasteiger partial charge is 0.206 e. The van der Waals surface area contributed by atoms with Crippen molar-refractivity contribution in [3.05, 3.63) is 95.3 Å². The molecular weight excluding hydrogens is 391 g/mol. The van der Waals surface area contributed by atoms with Crippen molar-refractivity contribution in [2.24, 2.45) is 0 Å². The SMILES string of the molecule is CCCCCCc1ccc2c(F)c(-c3ccc(-c4ccc(Cl)cc4)cc3)ccc2c1. The lowest BCUT2D eigenvalue weighted by Crippen LogP contribution is -1.90. The highest BCUT2D eigenvalue weighted by molar-refractivity contribution is 6.30. The molecule has 0 radical (unpaired) electrons. The Bertz CT molecular complexity index is 1130. The van der Waals surface area contributed by atoms with E-state index in [1.165, 1.54) is 31.2 Å². The summed E-state index contributed by atoms with van der Waals surface area (Å²) in [5, 5.41) is 2.38. The summed E-state index contributed by atoms with van der Waals surface area (Å²) in [5.74, 6) is -0.149. The predicted octanol–water partition coefficient (Wildman–Crippen LogP) is 9.09. The summed E-state index contributed by atoms with van der Waals surface area (Å²) in [4.78, 5) is 0. The zero-order chi connectivity index (χ0) is 20.9. The van der Waals surface area contributed by atoms with Gasteiger partial charge in [-0.2, -0.15) is 0 Å². The van der Waals surface area contributed by atoms with Gasteiger partial charge in [-0.1, -0.05) is 105 Å². The summed E-state index contributed by atoms with van der Waals surface area (Å²) < 4.78 is 15.3. The molecule has 0 amide bonds. The van der Waals surface area contributed by atoms with Crippen LogP contribution in [0.1, 0.15) is 38.2 Å². The molecule has 0 saturated heterocycles. The van der Waals surface area contributed by atoms with Crippen molar-refractivity contribution < 1.29 is 4.39 Å². The average molecular weight is 417 g/mol. The second kappa shape index (κ2) is 9.45. The molecule has 0 N–H and O–H groups in total. The number of fused-ring (bicyclic) bond motifs is 1. The van der Waals surface area contributed by atoms with Crippen LogP contribution in [0.2, 0.25) is 5.02 Å². The summed E-state index contributed by atoms with van der Waals surface area (Å²) in [6.45, 7) is 2.22. The Labute approximate surface area is 183 Å². The van der Waals surface area contributed by atoms with E-state index < -0.39 is 0 Å². The molecule has 0 saturated carbocycles. The molecule has 0 nitrogen and oxygen atoms in total. The van der Waals surface area contributed by atoms with Gasteiger partial charge in [0.2, 0.25) is 0 Å². The van der Waals surface area contributed by atoms with Crippen LogP contribution in [0.15, 0.2) is 78.9 Å². The van der Waals surface area contributed by atoms with E-state index in [0.29, 0.717) is 10.9 Å². The van der Waals surface area contributed by atoms with Crippen LogP contribution in [-0.2, 0) is 6.42 Å². The minimum atomic E-state index is -0.149. The van der Waals surface area contributed by atoms with E-state index in [2.05, 4.69) is 19.1 Å². The first-order chi connectivity index (χ1) is 14.7. The van der Waals surface area contributed by atoms with E-state index in [-0.39, 0.29) is 5.82 Å². The number of hydrogen-bond donors (Lipinski definition) is 0. The Morgan fingerprint density at radius 2 is 1.37 bits per heavy atom. The maximum Gasteiger partial charge on any atom is 0.138 e. The highest BCUT2D eigenvalue weighted by Gasteiger charge is 2.10. The van der Waals surface area contributed by atoms with Crippen molar-refractivity contribution >= 4 is 22.4 Å². The number of halogens is 2. The minimum absolute atomic E-state index is 0.149. The van der Waals surface area contributed by atoms with Crippen LogP contribution in [-0.4, -0.2) is 0 Å². The Morgan fingerprint density at radius 1 is 0.700 bits per heavy atom. The van der Waals surface area contributed by atoms with Crippen LogP contribution in [0.5, 0.6) is 0 Å². The first-order valence-corrected chi connectivity index (χ1v) is 11.1. The van der Waals surface area contributed by atoms with E-state index in [1.807, 2.05) is 66.7 Å². The van der Waals surface area contributed by atoms with Gasteiger partial charge in [0.05, 0.1) is 0 Å². The maximum atomic E-state index is 15.3. The lowest BCUT2D eigenvalue weighted by Gasteiger charge is -2.10. The number of benzene rings is 4. The quantitative estimate of drug-likeness (QED) is 0.263. The summed E-state index contributed by atoms with van der Waals surface area (Å²) in [7, 11) is 0. The van der Waals surface area contributed by atoms with Crippen molar-refractivity contribution in [2.45, 2.75) is 39.0 Å². The van der Waals surface area contributed by atoms with Crippen molar-refractivity contribution in [3.8, 4) is 22.3 Å². The topological polar surface area (TPSA) is 0 Å². The first kappa shape index (κ1) is 20.6. The highest BCUT2D eigenvalue weighted by Crippen LogP contribution is 2.31. The molecule has 0 bridgehead atoms. The van der Waals surface area contributed by atoms with E-state index in [4.69, 9.17) is 11.6 Å². The van der Waals surface area contributed by atoms with Gasteiger partial charge in [0.1, 0.15) is 5.82 Å². The summed E-state index contributed by atoms with van der Waals surface area (Å²) in [6.07, 6.45) is 6.04. The molecule has 0 aromatic heterocycles. The predicted molar refractivity (Wildman–Crippen MR) is 128 cm³/mol. The smallest absolute Gasteiger partial charge is 0.138 e. The van der Waals surface area contributed by atoms with Crippen LogP contribution >= 0.6 is 11.6 Å². The molecule has 2 heteroatoms. The van der Waals surface area contributed by atoms with Crippen LogP contribution in [0, 0.1) is 5.82 Å². The van der Waals surface area contributed by atoms with Crippen molar-refractivity contribution in [1.29, 1.82) is 0 Å². The monoisotopic (exact) mass is 416 g/mol.